The zero-order valence-corrected chi connectivity index (χ0v) is 7.15. The van der Waals surface area contributed by atoms with Crippen LogP contribution in [0.4, 0.5) is 0 Å². The van der Waals surface area contributed by atoms with Crippen LogP contribution < -0.4 is 0 Å². The molecule has 1 aliphatic rings. The van der Waals surface area contributed by atoms with Crippen molar-refractivity contribution in [3.63, 3.8) is 0 Å². The Bertz CT molecular complexity index is 172. The predicted octanol–water partition coefficient (Wildman–Crippen LogP) is 3.31. The van der Waals surface area contributed by atoms with Crippen LogP contribution in [0.3, 0.4) is 0 Å². The van der Waals surface area contributed by atoms with Crippen LogP contribution in [-0.2, 0) is 0 Å². The zero-order valence-electron chi connectivity index (χ0n) is 7.15. The first-order valence-corrected chi connectivity index (χ1v) is 4.09. The summed E-state index contributed by atoms with van der Waals surface area (Å²) in [6.45, 7) is 6.68. The van der Waals surface area contributed by atoms with E-state index in [0.29, 0.717) is 0 Å². The number of allylic oxidation sites excluding steroid dienone is 4. The summed E-state index contributed by atoms with van der Waals surface area (Å²) in [4.78, 5) is 0. The lowest BCUT2D eigenvalue weighted by molar-refractivity contribution is 0.591. The van der Waals surface area contributed by atoms with Crippen LogP contribution in [0.25, 0.3) is 0 Å². The molecule has 10 heavy (non-hydrogen) atoms. The third kappa shape index (κ3) is 1.50. The van der Waals surface area contributed by atoms with E-state index in [2.05, 4.69) is 32.9 Å². The van der Waals surface area contributed by atoms with Crippen molar-refractivity contribution in [1.82, 2.24) is 0 Å². The molecule has 0 amide bonds. The molecular weight excluding hydrogens is 120 g/mol. The molecule has 0 N–H and O–H groups in total. The average Bonchev–Trinajstić information content (AvgIpc) is 1.88. The quantitative estimate of drug-likeness (QED) is 0.518. The van der Waals surface area contributed by atoms with Crippen molar-refractivity contribution in [2.24, 2.45) is 5.92 Å². The van der Waals surface area contributed by atoms with Gasteiger partial charge in [0.05, 0.1) is 0 Å². The summed E-state index contributed by atoms with van der Waals surface area (Å²) in [5.41, 5.74) is 2.99. The van der Waals surface area contributed by atoms with Gasteiger partial charge in [-0.15, -0.1) is 0 Å². The van der Waals surface area contributed by atoms with Crippen LogP contribution in [0.2, 0.25) is 0 Å². The molecule has 0 bridgehead atoms. The van der Waals surface area contributed by atoms with E-state index < -0.39 is 0 Å². The van der Waals surface area contributed by atoms with Crippen molar-refractivity contribution in [3.05, 3.63) is 23.3 Å². The lowest BCUT2D eigenvalue weighted by atomic mass is 9.88. The van der Waals surface area contributed by atoms with Gasteiger partial charge in [-0.25, -0.2) is 0 Å². The second-order valence-corrected chi connectivity index (χ2v) is 3.18. The maximum atomic E-state index is 2.33. The summed E-state index contributed by atoms with van der Waals surface area (Å²) in [7, 11) is 0. The van der Waals surface area contributed by atoms with Crippen LogP contribution in [0.5, 0.6) is 0 Å². The number of rotatable bonds is 1. The SMILES string of the molecule is CCC1CC=C(C)C=C1C. The summed E-state index contributed by atoms with van der Waals surface area (Å²) in [6, 6.07) is 0. The van der Waals surface area contributed by atoms with E-state index in [0.717, 1.165) is 5.92 Å². The summed E-state index contributed by atoms with van der Waals surface area (Å²) in [6.07, 6.45) is 7.18. The van der Waals surface area contributed by atoms with E-state index in [1.54, 1.807) is 5.57 Å². The number of hydrogen-bond acceptors (Lipinski definition) is 0. The number of hydrogen-bond donors (Lipinski definition) is 0. The standard InChI is InChI=1S/C10H16/c1-4-10-6-5-8(2)7-9(10)3/h5,7,10H,4,6H2,1-3H3. The summed E-state index contributed by atoms with van der Waals surface area (Å²) >= 11 is 0. The maximum absolute atomic E-state index is 2.33. The van der Waals surface area contributed by atoms with Crippen LogP contribution in [0.15, 0.2) is 23.3 Å². The van der Waals surface area contributed by atoms with Crippen molar-refractivity contribution in [3.8, 4) is 0 Å². The Morgan fingerprint density at radius 2 is 2.20 bits per heavy atom. The Morgan fingerprint density at radius 1 is 1.50 bits per heavy atom. The zero-order chi connectivity index (χ0) is 7.56. The largest absolute Gasteiger partial charge is 0.0810 e. The van der Waals surface area contributed by atoms with Gasteiger partial charge in [-0.3, -0.25) is 0 Å². The minimum absolute atomic E-state index is 0.823. The van der Waals surface area contributed by atoms with Gasteiger partial charge in [0.2, 0.25) is 0 Å². The molecule has 0 saturated carbocycles. The van der Waals surface area contributed by atoms with Crippen molar-refractivity contribution < 1.29 is 0 Å². The summed E-state index contributed by atoms with van der Waals surface area (Å²) < 4.78 is 0. The minimum atomic E-state index is 0.823. The smallest absolute Gasteiger partial charge is 0.0171 e. The first-order chi connectivity index (χ1) is 4.74. The highest BCUT2D eigenvalue weighted by Gasteiger charge is 2.09. The van der Waals surface area contributed by atoms with Gasteiger partial charge < -0.3 is 0 Å². The second kappa shape index (κ2) is 3.05. The molecule has 0 heterocycles. The predicted molar refractivity (Wildman–Crippen MR) is 45.9 cm³/mol. The van der Waals surface area contributed by atoms with E-state index in [4.69, 9.17) is 0 Å². The van der Waals surface area contributed by atoms with E-state index in [9.17, 15) is 0 Å². The lowest BCUT2D eigenvalue weighted by Gasteiger charge is -2.18. The Balaban J connectivity index is 2.68. The average molecular weight is 136 g/mol. The highest BCUT2D eigenvalue weighted by atomic mass is 14.1. The van der Waals surface area contributed by atoms with Gasteiger partial charge in [0.1, 0.15) is 0 Å². The van der Waals surface area contributed by atoms with Gasteiger partial charge in [-0.2, -0.15) is 0 Å². The highest BCUT2D eigenvalue weighted by molar-refractivity contribution is 5.26. The first-order valence-electron chi connectivity index (χ1n) is 4.09. The molecule has 0 aromatic heterocycles. The van der Waals surface area contributed by atoms with E-state index in [1.165, 1.54) is 18.4 Å². The molecule has 0 saturated heterocycles. The molecule has 0 aromatic carbocycles. The molecular formula is C10H16. The van der Waals surface area contributed by atoms with Crippen molar-refractivity contribution >= 4 is 0 Å². The lowest BCUT2D eigenvalue weighted by Crippen LogP contribution is -2.02. The Kier molecular flexibility index (Phi) is 2.31. The van der Waals surface area contributed by atoms with Crippen LogP contribution in [-0.4, -0.2) is 0 Å². The minimum Gasteiger partial charge on any atom is -0.0810 e. The van der Waals surface area contributed by atoms with E-state index in [1.807, 2.05) is 0 Å². The highest BCUT2D eigenvalue weighted by Crippen LogP contribution is 2.25. The summed E-state index contributed by atoms with van der Waals surface area (Å²) in [5, 5.41) is 0. The molecule has 0 aromatic rings. The summed E-state index contributed by atoms with van der Waals surface area (Å²) in [5.74, 6) is 0.823. The fraction of sp³-hybridized carbons (Fsp3) is 0.600. The Morgan fingerprint density at radius 3 is 2.70 bits per heavy atom. The van der Waals surface area contributed by atoms with Gasteiger partial charge >= 0.3 is 0 Å². The first kappa shape index (κ1) is 7.59. The maximum Gasteiger partial charge on any atom is -0.0171 e. The van der Waals surface area contributed by atoms with Crippen molar-refractivity contribution in [1.29, 1.82) is 0 Å². The van der Waals surface area contributed by atoms with Gasteiger partial charge in [0, 0.05) is 0 Å². The molecule has 0 nitrogen and oxygen atoms in total. The Hall–Kier alpha value is -0.520. The van der Waals surface area contributed by atoms with E-state index >= 15 is 0 Å². The molecule has 0 spiro atoms. The monoisotopic (exact) mass is 136 g/mol. The molecule has 1 atom stereocenters. The molecule has 1 aliphatic carbocycles. The molecule has 1 rings (SSSR count). The molecule has 0 radical (unpaired) electrons. The molecule has 1 unspecified atom stereocenters. The topological polar surface area (TPSA) is 0 Å². The molecule has 0 fully saturated rings. The second-order valence-electron chi connectivity index (χ2n) is 3.18. The third-order valence-corrected chi connectivity index (χ3v) is 2.32. The third-order valence-electron chi connectivity index (χ3n) is 2.32. The Labute approximate surface area is 63.6 Å². The van der Waals surface area contributed by atoms with Crippen molar-refractivity contribution in [2.45, 2.75) is 33.6 Å². The fourth-order valence-corrected chi connectivity index (χ4v) is 1.54. The van der Waals surface area contributed by atoms with Crippen LogP contribution in [0.1, 0.15) is 33.6 Å². The molecule has 0 heteroatoms. The van der Waals surface area contributed by atoms with Crippen LogP contribution >= 0.6 is 0 Å². The van der Waals surface area contributed by atoms with E-state index in [-0.39, 0.29) is 0 Å². The van der Waals surface area contributed by atoms with Crippen molar-refractivity contribution in [2.75, 3.05) is 0 Å². The van der Waals surface area contributed by atoms with Gasteiger partial charge in [0.25, 0.3) is 0 Å². The molecule has 0 aliphatic heterocycles. The van der Waals surface area contributed by atoms with Gasteiger partial charge in [-0.05, 0) is 32.6 Å². The van der Waals surface area contributed by atoms with Gasteiger partial charge in [-0.1, -0.05) is 30.2 Å². The molecule has 56 valence electrons. The van der Waals surface area contributed by atoms with Gasteiger partial charge in [0.15, 0.2) is 0 Å². The fourth-order valence-electron chi connectivity index (χ4n) is 1.54. The van der Waals surface area contributed by atoms with Crippen LogP contribution in [0, 0.1) is 5.92 Å². The normalized spacial score (nSPS) is 25.7.